The lowest BCUT2D eigenvalue weighted by Crippen LogP contribution is -2.52. The van der Waals surface area contributed by atoms with Gasteiger partial charge in [-0.2, -0.15) is 0 Å². The summed E-state index contributed by atoms with van der Waals surface area (Å²) in [5.41, 5.74) is 4.94. The van der Waals surface area contributed by atoms with E-state index in [-0.39, 0.29) is 23.4 Å². The smallest absolute Gasteiger partial charge is 0.264 e. The average Bonchev–Trinajstić information content (AvgIpc) is 2.85. The normalized spacial score (nSPS) is 12.2. The van der Waals surface area contributed by atoms with E-state index in [0.717, 1.165) is 32.1 Å². The van der Waals surface area contributed by atoms with Crippen molar-refractivity contribution < 1.29 is 18.0 Å². The zero-order valence-corrected chi connectivity index (χ0v) is 24.7. The van der Waals surface area contributed by atoms with Crippen LogP contribution in [0, 0.1) is 27.7 Å². The van der Waals surface area contributed by atoms with Crippen LogP contribution in [0.1, 0.15) is 48.6 Å². The van der Waals surface area contributed by atoms with Gasteiger partial charge >= 0.3 is 0 Å². The first-order chi connectivity index (χ1) is 18.3. The Balaban J connectivity index is 2.07. The van der Waals surface area contributed by atoms with E-state index in [1.165, 1.54) is 4.90 Å². The third kappa shape index (κ3) is 7.47. The minimum atomic E-state index is -4.09. The quantitative estimate of drug-likeness (QED) is 0.383. The maximum Gasteiger partial charge on any atom is 0.264 e. The van der Waals surface area contributed by atoms with E-state index in [1.54, 1.807) is 37.3 Å². The third-order valence-corrected chi connectivity index (χ3v) is 8.32. The number of nitrogens with zero attached hydrogens (tertiary/aromatic N) is 2. The summed E-state index contributed by atoms with van der Waals surface area (Å²) in [5, 5.41) is 2.87. The molecule has 208 valence electrons. The van der Waals surface area contributed by atoms with Gasteiger partial charge in [-0.3, -0.25) is 13.9 Å². The number of amides is 2. The van der Waals surface area contributed by atoms with Crippen LogP contribution in [0.2, 0.25) is 0 Å². The van der Waals surface area contributed by atoms with Crippen molar-refractivity contribution in [2.75, 3.05) is 10.8 Å². The Kier molecular flexibility index (Phi) is 9.56. The van der Waals surface area contributed by atoms with Crippen molar-refractivity contribution >= 4 is 27.5 Å². The van der Waals surface area contributed by atoms with Crippen molar-refractivity contribution in [3.8, 4) is 0 Å². The summed E-state index contributed by atoms with van der Waals surface area (Å²) in [6.07, 6.45) is 0. The monoisotopic (exact) mass is 549 g/mol. The highest BCUT2D eigenvalue weighted by Crippen LogP contribution is 2.28. The Morgan fingerprint density at radius 3 is 2.03 bits per heavy atom. The molecular formula is C31H39N3O4S. The van der Waals surface area contributed by atoms with Crippen LogP contribution in [-0.4, -0.2) is 43.8 Å². The minimum absolute atomic E-state index is 0.0942. The lowest BCUT2D eigenvalue weighted by atomic mass is 10.1. The van der Waals surface area contributed by atoms with Crippen LogP contribution >= 0.6 is 0 Å². The molecule has 3 aromatic carbocycles. The molecule has 0 radical (unpaired) electrons. The number of nitrogens with one attached hydrogen (secondary N) is 1. The van der Waals surface area contributed by atoms with Gasteiger partial charge in [-0.05, 0) is 77.8 Å². The molecule has 3 aromatic rings. The molecule has 8 heteroatoms. The maximum atomic E-state index is 14.0. The molecule has 2 amide bonds. The summed E-state index contributed by atoms with van der Waals surface area (Å²) in [4.78, 5) is 28.6. The Morgan fingerprint density at radius 1 is 0.821 bits per heavy atom. The average molecular weight is 550 g/mol. The maximum absolute atomic E-state index is 14.0. The lowest BCUT2D eigenvalue weighted by molar-refractivity contribution is -0.139. The van der Waals surface area contributed by atoms with Crippen LogP contribution in [0.15, 0.2) is 71.6 Å². The van der Waals surface area contributed by atoms with Gasteiger partial charge in [0.1, 0.15) is 12.6 Å². The second-order valence-corrected chi connectivity index (χ2v) is 12.3. The van der Waals surface area contributed by atoms with Crippen LogP contribution in [0.25, 0.3) is 0 Å². The Hall–Kier alpha value is -3.65. The Bertz CT molecular complexity index is 1430. The molecule has 0 bridgehead atoms. The van der Waals surface area contributed by atoms with Crippen molar-refractivity contribution in [2.45, 2.75) is 72.0 Å². The van der Waals surface area contributed by atoms with E-state index in [2.05, 4.69) is 5.32 Å². The number of carbonyl (C=O) groups excluding carboxylic acids is 2. The number of sulfonamides is 1. The van der Waals surface area contributed by atoms with Crippen molar-refractivity contribution in [3.63, 3.8) is 0 Å². The molecule has 0 saturated carbocycles. The molecule has 1 N–H and O–H groups in total. The van der Waals surface area contributed by atoms with Crippen LogP contribution in [0.3, 0.4) is 0 Å². The second-order valence-electron chi connectivity index (χ2n) is 10.5. The van der Waals surface area contributed by atoms with Crippen LogP contribution in [0.5, 0.6) is 0 Å². The van der Waals surface area contributed by atoms with Gasteiger partial charge < -0.3 is 10.2 Å². The van der Waals surface area contributed by atoms with Gasteiger partial charge in [0, 0.05) is 12.6 Å². The molecule has 0 heterocycles. The summed E-state index contributed by atoms with van der Waals surface area (Å²) in [6.45, 7) is 12.7. The summed E-state index contributed by atoms with van der Waals surface area (Å²) in [6, 6.07) is 18.8. The first kappa shape index (κ1) is 29.9. The lowest BCUT2D eigenvalue weighted by Gasteiger charge is -2.33. The van der Waals surface area contributed by atoms with E-state index >= 15 is 0 Å². The molecule has 1 atom stereocenters. The first-order valence-corrected chi connectivity index (χ1v) is 14.6. The fourth-order valence-electron chi connectivity index (χ4n) is 4.43. The van der Waals surface area contributed by atoms with E-state index in [0.29, 0.717) is 5.69 Å². The molecule has 0 spiro atoms. The number of hydrogen-bond acceptors (Lipinski definition) is 4. The van der Waals surface area contributed by atoms with Crippen molar-refractivity contribution in [1.29, 1.82) is 0 Å². The highest BCUT2D eigenvalue weighted by Gasteiger charge is 2.33. The predicted molar refractivity (Wildman–Crippen MR) is 156 cm³/mol. The number of carbonyl (C=O) groups is 2. The fraction of sp³-hybridized carbons (Fsp3) is 0.355. The summed E-state index contributed by atoms with van der Waals surface area (Å²) < 4.78 is 29.1. The van der Waals surface area contributed by atoms with Crippen LogP contribution in [-0.2, 0) is 26.2 Å². The van der Waals surface area contributed by atoms with Gasteiger partial charge in [-0.25, -0.2) is 8.42 Å². The molecule has 1 unspecified atom stereocenters. The topological polar surface area (TPSA) is 86.8 Å². The number of hydrogen-bond donors (Lipinski definition) is 1. The van der Waals surface area contributed by atoms with Crippen molar-refractivity contribution in [2.24, 2.45) is 0 Å². The van der Waals surface area contributed by atoms with Crippen molar-refractivity contribution in [3.05, 3.63) is 94.5 Å². The number of aryl methyl sites for hydroxylation is 4. The molecular weight excluding hydrogens is 510 g/mol. The summed E-state index contributed by atoms with van der Waals surface area (Å²) in [5.74, 6) is -0.774. The molecule has 0 saturated heterocycles. The predicted octanol–water partition coefficient (Wildman–Crippen LogP) is 5.06. The van der Waals surface area contributed by atoms with Gasteiger partial charge in [0.05, 0.1) is 10.6 Å². The van der Waals surface area contributed by atoms with Gasteiger partial charge in [-0.15, -0.1) is 0 Å². The molecule has 0 fully saturated rings. The number of anilines is 1. The van der Waals surface area contributed by atoms with Gasteiger partial charge in [-0.1, -0.05) is 65.2 Å². The molecule has 0 aliphatic carbocycles. The highest BCUT2D eigenvalue weighted by molar-refractivity contribution is 7.92. The van der Waals surface area contributed by atoms with E-state index in [4.69, 9.17) is 0 Å². The zero-order valence-electron chi connectivity index (χ0n) is 23.9. The van der Waals surface area contributed by atoms with Gasteiger partial charge in [0.15, 0.2) is 0 Å². The Morgan fingerprint density at radius 2 is 1.44 bits per heavy atom. The molecule has 0 aliphatic heterocycles. The van der Waals surface area contributed by atoms with Gasteiger partial charge in [0.2, 0.25) is 11.8 Å². The zero-order chi connectivity index (χ0) is 28.9. The van der Waals surface area contributed by atoms with E-state index in [9.17, 15) is 18.0 Å². The molecule has 3 rings (SSSR count). The first-order valence-electron chi connectivity index (χ1n) is 13.1. The molecule has 39 heavy (non-hydrogen) atoms. The van der Waals surface area contributed by atoms with E-state index < -0.39 is 28.5 Å². The Labute approximate surface area is 232 Å². The molecule has 7 nitrogen and oxygen atoms in total. The number of benzene rings is 3. The SMILES string of the molecule is Cc1ccc(S(=O)(=O)N(CC(=O)N(Cc2cccc(C)c2)C(C)C(=O)NC(C)C)c2ccc(C)cc2C)cc1. The highest BCUT2D eigenvalue weighted by atomic mass is 32.2. The second kappa shape index (κ2) is 12.5. The molecule has 0 aromatic heterocycles. The fourth-order valence-corrected chi connectivity index (χ4v) is 5.91. The van der Waals surface area contributed by atoms with Crippen LogP contribution < -0.4 is 9.62 Å². The van der Waals surface area contributed by atoms with Crippen molar-refractivity contribution in [1.82, 2.24) is 10.2 Å². The minimum Gasteiger partial charge on any atom is -0.352 e. The van der Waals surface area contributed by atoms with Crippen LogP contribution in [0.4, 0.5) is 5.69 Å². The number of rotatable bonds is 10. The largest absolute Gasteiger partial charge is 0.352 e. The molecule has 0 aliphatic rings. The van der Waals surface area contributed by atoms with Gasteiger partial charge in [0.25, 0.3) is 10.0 Å². The third-order valence-electron chi connectivity index (χ3n) is 6.54. The summed E-state index contributed by atoms with van der Waals surface area (Å²) in [7, 11) is -4.09. The summed E-state index contributed by atoms with van der Waals surface area (Å²) >= 11 is 0. The standard InChI is InChI=1S/C31H39N3O4S/c1-21(2)32-31(36)26(7)33(19-27-10-8-9-23(4)18-27)30(35)20-34(29-16-13-24(5)17-25(29)6)39(37,38)28-14-11-22(3)12-15-28/h8-18,21,26H,19-20H2,1-7H3,(H,32,36). The van der Waals surface area contributed by atoms with E-state index in [1.807, 2.05) is 77.9 Å².